The molecule has 0 heterocycles. The molecule has 0 spiro atoms. The Morgan fingerprint density at radius 2 is 1.90 bits per heavy atom. The fourth-order valence-electron chi connectivity index (χ4n) is 1.52. The fourth-order valence-corrected chi connectivity index (χ4v) is 2.11. The molecule has 20 heavy (non-hydrogen) atoms. The highest BCUT2D eigenvalue weighted by atomic mass is 32.2. The van der Waals surface area contributed by atoms with Crippen LogP contribution in [0.1, 0.15) is 18.6 Å². The smallest absolute Gasteiger partial charge is 0.185 e. The molecular formula is C14H20O5S. The van der Waals surface area contributed by atoms with E-state index in [1.54, 1.807) is 31.4 Å². The lowest BCUT2D eigenvalue weighted by Crippen LogP contribution is -2.21. The van der Waals surface area contributed by atoms with Crippen LogP contribution in [0.5, 0.6) is 5.75 Å². The van der Waals surface area contributed by atoms with E-state index in [1.807, 2.05) is 0 Å². The summed E-state index contributed by atoms with van der Waals surface area (Å²) in [6, 6.07) is 6.82. The van der Waals surface area contributed by atoms with Gasteiger partial charge in [0.1, 0.15) is 18.5 Å². The first-order valence-corrected chi connectivity index (χ1v) is 7.24. The number of carbonyl (C=O) groups is 1. The van der Waals surface area contributed by atoms with Crippen LogP contribution in [0.15, 0.2) is 24.3 Å². The number of hydrogen-bond acceptors (Lipinski definition) is 6. The van der Waals surface area contributed by atoms with Gasteiger partial charge in [-0.2, -0.15) is 0 Å². The zero-order valence-corrected chi connectivity index (χ0v) is 12.4. The van der Waals surface area contributed by atoms with Crippen LogP contribution >= 0.6 is 11.8 Å². The van der Waals surface area contributed by atoms with Crippen LogP contribution in [-0.4, -0.2) is 47.5 Å². The third-order valence-electron chi connectivity index (χ3n) is 2.60. The number of carbonyl (C=O) groups excluding carboxylic acids is 1. The maximum absolute atomic E-state index is 10.8. The third-order valence-corrected chi connectivity index (χ3v) is 3.51. The first-order valence-electron chi connectivity index (χ1n) is 6.25. The molecule has 2 unspecified atom stereocenters. The van der Waals surface area contributed by atoms with E-state index in [9.17, 15) is 15.0 Å². The molecule has 0 amide bonds. The molecule has 6 heteroatoms. The van der Waals surface area contributed by atoms with Gasteiger partial charge in [0.25, 0.3) is 0 Å². The normalized spacial score (nSPS) is 13.8. The Kier molecular flexibility index (Phi) is 7.61. The van der Waals surface area contributed by atoms with E-state index in [-0.39, 0.29) is 10.9 Å². The molecular weight excluding hydrogens is 280 g/mol. The van der Waals surface area contributed by atoms with Crippen molar-refractivity contribution in [1.82, 2.24) is 0 Å². The average molecular weight is 300 g/mol. The average Bonchev–Trinajstić information content (AvgIpc) is 2.45. The van der Waals surface area contributed by atoms with Crippen molar-refractivity contribution in [2.45, 2.75) is 19.1 Å². The van der Waals surface area contributed by atoms with Gasteiger partial charge < -0.3 is 19.7 Å². The van der Waals surface area contributed by atoms with Crippen LogP contribution in [0.4, 0.5) is 0 Å². The summed E-state index contributed by atoms with van der Waals surface area (Å²) >= 11 is 0.992. The Morgan fingerprint density at radius 1 is 1.25 bits per heavy atom. The molecule has 5 nitrogen and oxygen atoms in total. The van der Waals surface area contributed by atoms with Crippen LogP contribution in [0.25, 0.3) is 0 Å². The predicted octanol–water partition coefficient (Wildman–Crippen LogP) is 1.39. The summed E-state index contributed by atoms with van der Waals surface area (Å²) in [5, 5.41) is 19.7. The van der Waals surface area contributed by atoms with Crippen molar-refractivity contribution in [2.75, 3.05) is 26.1 Å². The Bertz CT molecular complexity index is 407. The van der Waals surface area contributed by atoms with Crippen LogP contribution in [0.2, 0.25) is 0 Å². The van der Waals surface area contributed by atoms with Gasteiger partial charge in [0.2, 0.25) is 0 Å². The van der Waals surface area contributed by atoms with Gasteiger partial charge in [-0.15, -0.1) is 0 Å². The molecule has 1 rings (SSSR count). The van der Waals surface area contributed by atoms with E-state index in [4.69, 9.17) is 9.47 Å². The number of methoxy groups -OCH3 is 1. The third kappa shape index (κ3) is 5.92. The van der Waals surface area contributed by atoms with Gasteiger partial charge in [0.15, 0.2) is 5.12 Å². The standard InChI is InChI=1S/C14H20O5S/c1-10(15)20-9-13(16)14(17)11-3-5-12(6-4-11)19-8-7-18-2/h3-6,13-14,16-17H,7-9H2,1-2H3. The van der Waals surface area contributed by atoms with Gasteiger partial charge in [0, 0.05) is 19.8 Å². The summed E-state index contributed by atoms with van der Waals surface area (Å²) in [6.45, 7) is 2.39. The highest BCUT2D eigenvalue weighted by Crippen LogP contribution is 2.22. The second-order valence-electron chi connectivity index (χ2n) is 4.23. The zero-order valence-electron chi connectivity index (χ0n) is 11.6. The molecule has 0 radical (unpaired) electrons. The van der Waals surface area contributed by atoms with E-state index in [0.29, 0.717) is 24.5 Å². The lowest BCUT2D eigenvalue weighted by Gasteiger charge is -2.17. The van der Waals surface area contributed by atoms with Crippen LogP contribution in [0.3, 0.4) is 0 Å². The number of aliphatic hydroxyl groups excluding tert-OH is 2. The molecule has 0 saturated carbocycles. The van der Waals surface area contributed by atoms with Crippen molar-refractivity contribution in [3.05, 3.63) is 29.8 Å². The maximum atomic E-state index is 10.8. The largest absolute Gasteiger partial charge is 0.491 e. The van der Waals surface area contributed by atoms with Crippen molar-refractivity contribution in [3.63, 3.8) is 0 Å². The number of hydrogen-bond donors (Lipinski definition) is 2. The Balaban J connectivity index is 2.51. The van der Waals surface area contributed by atoms with E-state index in [2.05, 4.69) is 0 Å². The van der Waals surface area contributed by atoms with Gasteiger partial charge in [0.05, 0.1) is 12.7 Å². The van der Waals surface area contributed by atoms with Gasteiger partial charge in [-0.1, -0.05) is 23.9 Å². The summed E-state index contributed by atoms with van der Waals surface area (Å²) in [5.74, 6) is 0.841. The molecule has 2 atom stereocenters. The molecule has 0 aromatic heterocycles. The second-order valence-corrected chi connectivity index (χ2v) is 5.42. The Hall–Kier alpha value is -1.08. The minimum atomic E-state index is -1.02. The van der Waals surface area contributed by atoms with E-state index < -0.39 is 12.2 Å². The van der Waals surface area contributed by atoms with Gasteiger partial charge in [-0.25, -0.2) is 0 Å². The topological polar surface area (TPSA) is 76.0 Å². The first kappa shape index (κ1) is 17.0. The van der Waals surface area contributed by atoms with Gasteiger partial charge in [-0.3, -0.25) is 4.79 Å². The SMILES string of the molecule is COCCOc1ccc(C(O)C(O)CSC(C)=O)cc1. The molecule has 1 aromatic rings. The summed E-state index contributed by atoms with van der Waals surface area (Å²) in [5.41, 5.74) is 0.584. The number of thioether (sulfide) groups is 1. The van der Waals surface area contributed by atoms with Crippen LogP contribution in [0, 0.1) is 0 Å². The summed E-state index contributed by atoms with van der Waals surface area (Å²) in [7, 11) is 1.60. The molecule has 112 valence electrons. The highest BCUT2D eigenvalue weighted by molar-refractivity contribution is 8.13. The number of ether oxygens (including phenoxy) is 2. The summed E-state index contributed by atoms with van der Waals surface area (Å²) in [4.78, 5) is 10.8. The fraction of sp³-hybridized carbons (Fsp3) is 0.500. The second kappa shape index (κ2) is 8.97. The zero-order chi connectivity index (χ0) is 15.0. The van der Waals surface area contributed by atoms with Crippen molar-refractivity contribution >= 4 is 16.9 Å². The number of aliphatic hydroxyl groups is 2. The van der Waals surface area contributed by atoms with E-state index in [0.717, 1.165) is 11.8 Å². The monoisotopic (exact) mass is 300 g/mol. The summed E-state index contributed by atoms with van der Waals surface area (Å²) in [6.07, 6.45) is -2.00. The molecule has 2 N–H and O–H groups in total. The molecule has 0 aliphatic heterocycles. The molecule has 1 aromatic carbocycles. The lowest BCUT2D eigenvalue weighted by atomic mass is 10.1. The van der Waals surface area contributed by atoms with Crippen molar-refractivity contribution in [3.8, 4) is 5.75 Å². The molecule has 0 bridgehead atoms. The molecule has 0 fully saturated rings. The molecule has 0 aliphatic carbocycles. The van der Waals surface area contributed by atoms with E-state index >= 15 is 0 Å². The first-order chi connectivity index (χ1) is 9.54. The Labute approximate surface area is 122 Å². The van der Waals surface area contributed by atoms with Crippen LogP contribution in [-0.2, 0) is 9.53 Å². The van der Waals surface area contributed by atoms with Gasteiger partial charge in [-0.05, 0) is 17.7 Å². The minimum absolute atomic E-state index is 0.0851. The van der Waals surface area contributed by atoms with Gasteiger partial charge >= 0.3 is 0 Å². The number of benzene rings is 1. The molecule has 0 saturated heterocycles. The van der Waals surface area contributed by atoms with Crippen molar-refractivity contribution in [2.24, 2.45) is 0 Å². The van der Waals surface area contributed by atoms with Crippen molar-refractivity contribution in [1.29, 1.82) is 0 Å². The lowest BCUT2D eigenvalue weighted by molar-refractivity contribution is -0.109. The van der Waals surface area contributed by atoms with Crippen LogP contribution < -0.4 is 4.74 Å². The molecule has 0 aliphatic rings. The maximum Gasteiger partial charge on any atom is 0.185 e. The predicted molar refractivity (Wildman–Crippen MR) is 77.9 cm³/mol. The minimum Gasteiger partial charge on any atom is -0.491 e. The van der Waals surface area contributed by atoms with Crippen molar-refractivity contribution < 1.29 is 24.5 Å². The summed E-state index contributed by atoms with van der Waals surface area (Å²) < 4.78 is 10.3. The highest BCUT2D eigenvalue weighted by Gasteiger charge is 2.19. The Morgan fingerprint density at radius 3 is 2.45 bits per heavy atom. The number of rotatable bonds is 8. The van der Waals surface area contributed by atoms with E-state index in [1.165, 1.54) is 6.92 Å². The quantitative estimate of drug-likeness (QED) is 0.707.